The van der Waals surface area contributed by atoms with Crippen LogP contribution in [-0.4, -0.2) is 47.7 Å². The molecule has 2 heterocycles. The maximum absolute atomic E-state index is 14.6. The number of hydrazone groups is 1. The molecule has 0 radical (unpaired) electrons. The van der Waals surface area contributed by atoms with Gasteiger partial charge in [0.2, 0.25) is 0 Å². The Hall–Kier alpha value is -3.73. The van der Waals surface area contributed by atoms with Crippen LogP contribution >= 0.6 is 0 Å². The zero-order chi connectivity index (χ0) is 27.0. The second kappa shape index (κ2) is 12.5. The van der Waals surface area contributed by atoms with Crippen LogP contribution in [0.1, 0.15) is 37.2 Å². The maximum Gasteiger partial charge on any atom is 0.416 e. The number of aliphatic imine (C=N–C) groups is 1. The molecule has 0 saturated carbocycles. The molecule has 0 amide bonds. The fourth-order valence-electron chi connectivity index (χ4n) is 3.69. The number of morpholine rings is 1. The molecule has 7 nitrogen and oxygen atoms in total. The molecule has 0 bridgehead atoms. The summed E-state index contributed by atoms with van der Waals surface area (Å²) in [7, 11) is 0. The summed E-state index contributed by atoms with van der Waals surface area (Å²) in [4.78, 5) is 10.6. The number of ether oxygens (including phenoxy) is 1. The van der Waals surface area contributed by atoms with Crippen molar-refractivity contribution in [3.63, 3.8) is 0 Å². The molecular weight excluding hydrogens is 488 g/mol. The van der Waals surface area contributed by atoms with Crippen LogP contribution in [0, 0.1) is 6.92 Å². The van der Waals surface area contributed by atoms with Gasteiger partial charge < -0.3 is 15.0 Å². The Morgan fingerprint density at radius 1 is 1.30 bits per heavy atom. The molecule has 3 rings (SSSR count). The lowest BCUT2D eigenvalue weighted by Crippen LogP contribution is -2.48. The molecule has 2 N–H and O–H groups in total. The van der Waals surface area contributed by atoms with Crippen molar-refractivity contribution >= 4 is 23.4 Å². The van der Waals surface area contributed by atoms with E-state index in [1.54, 1.807) is 32.0 Å². The summed E-state index contributed by atoms with van der Waals surface area (Å²) in [5.74, 6) is -0.151. The van der Waals surface area contributed by atoms with E-state index in [-0.39, 0.29) is 17.7 Å². The van der Waals surface area contributed by atoms with Crippen molar-refractivity contribution in [2.75, 3.05) is 25.1 Å². The van der Waals surface area contributed by atoms with E-state index in [2.05, 4.69) is 32.4 Å². The van der Waals surface area contributed by atoms with Gasteiger partial charge >= 0.3 is 6.18 Å². The normalized spacial score (nSPS) is 17.3. The molecule has 1 atom stereocenters. The highest BCUT2D eigenvalue weighted by molar-refractivity contribution is 5.97. The number of amidine groups is 1. The van der Waals surface area contributed by atoms with E-state index in [1.165, 1.54) is 18.4 Å². The highest BCUT2D eigenvalue weighted by Gasteiger charge is 2.30. The number of hydrogen-bond acceptors (Lipinski definition) is 6. The summed E-state index contributed by atoms with van der Waals surface area (Å²) in [6, 6.07) is 8.29. The molecular formula is C26H30F4N6O. The van der Waals surface area contributed by atoms with Gasteiger partial charge in [0.1, 0.15) is 5.82 Å². The Morgan fingerprint density at radius 2 is 2.08 bits per heavy atom. The number of nitrogens with zero attached hydrogens (tertiary/aromatic N) is 4. The third kappa shape index (κ3) is 7.63. The first-order valence-corrected chi connectivity index (χ1v) is 11.8. The first-order chi connectivity index (χ1) is 17.6. The average Bonchev–Trinajstić information content (AvgIpc) is 2.88. The van der Waals surface area contributed by atoms with Crippen molar-refractivity contribution in [2.45, 2.75) is 39.4 Å². The minimum Gasteiger partial charge on any atom is -0.377 e. The molecule has 2 aromatic rings. The Kier molecular flexibility index (Phi) is 9.40. The molecule has 198 valence electrons. The number of halogens is 4. The van der Waals surface area contributed by atoms with Gasteiger partial charge in [0.05, 0.1) is 48.1 Å². The van der Waals surface area contributed by atoms with Gasteiger partial charge in [-0.05, 0) is 56.7 Å². The molecule has 1 aromatic carbocycles. The van der Waals surface area contributed by atoms with Crippen molar-refractivity contribution in [3.8, 4) is 0 Å². The van der Waals surface area contributed by atoms with Crippen molar-refractivity contribution in [1.29, 1.82) is 0 Å². The first-order valence-electron chi connectivity index (χ1n) is 11.8. The fraction of sp³-hybridized carbons (Fsp3) is 0.346. The third-order valence-corrected chi connectivity index (χ3v) is 5.65. The SMILES string of the molecule is C=C(/N=C(\C(F)=C/C)N1CCOCC1CC)N/N=C/c1ccc(Nc2cccc(C(F)(F)F)c2)c(C)n1. The van der Waals surface area contributed by atoms with Gasteiger partial charge in [-0.15, -0.1) is 0 Å². The fourth-order valence-corrected chi connectivity index (χ4v) is 3.69. The maximum atomic E-state index is 14.6. The van der Waals surface area contributed by atoms with E-state index in [1.807, 2.05) is 11.8 Å². The molecule has 0 aliphatic carbocycles. The number of aryl methyl sites for hydroxylation is 1. The molecule has 1 aliphatic rings. The number of anilines is 2. The monoisotopic (exact) mass is 518 g/mol. The number of alkyl halides is 3. The Bertz CT molecular complexity index is 1190. The lowest BCUT2D eigenvalue weighted by atomic mass is 10.1. The standard InChI is InChI=1S/C26H30F4N6O/c1-5-22-16-37-13-12-36(22)25(23(27)6-2)33-18(4)35-31-15-21-10-11-24(17(3)32-21)34-20-9-7-8-19(14-20)26(28,29)30/h6-11,14-15,22,34-35H,4-5,12-13,16H2,1-3H3/b23-6+,31-15+,33-25+. The zero-order valence-electron chi connectivity index (χ0n) is 20.9. The Labute approximate surface area is 213 Å². The molecule has 1 aliphatic heterocycles. The summed E-state index contributed by atoms with van der Waals surface area (Å²) < 4.78 is 59.0. The van der Waals surface area contributed by atoms with E-state index in [9.17, 15) is 17.6 Å². The summed E-state index contributed by atoms with van der Waals surface area (Å²) in [5, 5.41) is 7.04. The zero-order valence-corrected chi connectivity index (χ0v) is 20.9. The van der Waals surface area contributed by atoms with Crippen molar-refractivity contribution in [1.82, 2.24) is 15.3 Å². The number of benzene rings is 1. The molecule has 1 fully saturated rings. The molecule has 1 aromatic heterocycles. The number of nitrogens with one attached hydrogen (secondary N) is 2. The van der Waals surface area contributed by atoms with Crippen molar-refractivity contribution in [2.24, 2.45) is 10.1 Å². The number of pyridine rings is 1. The van der Waals surface area contributed by atoms with Crippen LogP contribution in [0.25, 0.3) is 0 Å². The smallest absolute Gasteiger partial charge is 0.377 e. The van der Waals surface area contributed by atoms with Crippen molar-refractivity contribution in [3.05, 3.63) is 77.7 Å². The van der Waals surface area contributed by atoms with Gasteiger partial charge in [-0.2, -0.15) is 18.3 Å². The highest BCUT2D eigenvalue weighted by atomic mass is 19.4. The molecule has 37 heavy (non-hydrogen) atoms. The van der Waals surface area contributed by atoms with Gasteiger partial charge in [0, 0.05) is 12.2 Å². The molecule has 1 saturated heterocycles. The summed E-state index contributed by atoms with van der Waals surface area (Å²) in [5.41, 5.74) is 3.86. The lowest BCUT2D eigenvalue weighted by molar-refractivity contribution is -0.137. The summed E-state index contributed by atoms with van der Waals surface area (Å²) >= 11 is 0. The van der Waals surface area contributed by atoms with E-state index in [0.717, 1.165) is 18.6 Å². The van der Waals surface area contributed by atoms with Gasteiger partial charge in [-0.1, -0.05) is 19.6 Å². The van der Waals surface area contributed by atoms with E-state index >= 15 is 0 Å². The van der Waals surface area contributed by atoms with Gasteiger partial charge in [0.15, 0.2) is 11.7 Å². The third-order valence-electron chi connectivity index (χ3n) is 5.65. The quantitative estimate of drug-likeness (QED) is 0.196. The van der Waals surface area contributed by atoms with Crippen LogP contribution in [0.3, 0.4) is 0 Å². The average molecular weight is 519 g/mol. The molecule has 11 heteroatoms. The molecule has 0 spiro atoms. The predicted molar refractivity (Wildman–Crippen MR) is 137 cm³/mol. The van der Waals surface area contributed by atoms with Gasteiger partial charge in [-0.25, -0.2) is 14.4 Å². The van der Waals surface area contributed by atoms with E-state index < -0.39 is 17.6 Å². The van der Waals surface area contributed by atoms with Crippen LogP contribution in [-0.2, 0) is 10.9 Å². The van der Waals surface area contributed by atoms with E-state index in [4.69, 9.17) is 4.74 Å². The number of aromatic nitrogens is 1. The van der Waals surface area contributed by atoms with E-state index in [0.29, 0.717) is 42.5 Å². The van der Waals surface area contributed by atoms with Gasteiger partial charge in [0.25, 0.3) is 0 Å². The number of hydrogen-bond donors (Lipinski definition) is 2. The van der Waals surface area contributed by atoms with Gasteiger partial charge in [-0.3, -0.25) is 5.43 Å². The Morgan fingerprint density at radius 3 is 2.76 bits per heavy atom. The summed E-state index contributed by atoms with van der Waals surface area (Å²) in [6.07, 6.45) is -0.862. The number of allylic oxidation sites excluding steroid dienone is 1. The van der Waals surface area contributed by atoms with Crippen LogP contribution in [0.5, 0.6) is 0 Å². The van der Waals surface area contributed by atoms with Crippen LogP contribution in [0.15, 0.2) is 70.8 Å². The summed E-state index contributed by atoms with van der Waals surface area (Å²) in [6.45, 7) is 10.6. The van der Waals surface area contributed by atoms with Crippen LogP contribution < -0.4 is 10.7 Å². The second-order valence-corrected chi connectivity index (χ2v) is 8.29. The predicted octanol–water partition coefficient (Wildman–Crippen LogP) is 5.93. The Balaban J connectivity index is 1.67. The van der Waals surface area contributed by atoms with Crippen LogP contribution in [0.2, 0.25) is 0 Å². The van der Waals surface area contributed by atoms with Crippen LogP contribution in [0.4, 0.5) is 28.9 Å². The topological polar surface area (TPSA) is 74.1 Å². The highest BCUT2D eigenvalue weighted by Crippen LogP contribution is 2.31. The lowest BCUT2D eigenvalue weighted by Gasteiger charge is -2.37. The minimum absolute atomic E-state index is 0.00439. The minimum atomic E-state index is -4.42. The number of rotatable bonds is 8. The largest absolute Gasteiger partial charge is 0.416 e. The first kappa shape index (κ1) is 27.9. The molecule has 1 unspecified atom stereocenters. The van der Waals surface area contributed by atoms with Crippen molar-refractivity contribution < 1.29 is 22.3 Å². The second-order valence-electron chi connectivity index (χ2n) is 8.29.